The number of benzene rings is 1. The molecule has 23 heavy (non-hydrogen) atoms. The van der Waals surface area contributed by atoms with Gasteiger partial charge in [-0.1, -0.05) is 11.6 Å². The number of aliphatic hydroxyl groups is 1. The Bertz CT molecular complexity index is 638. The summed E-state index contributed by atoms with van der Waals surface area (Å²) in [7, 11) is 0. The first-order valence-electron chi connectivity index (χ1n) is 6.54. The number of nitrogens with zero attached hydrogens (tertiary/aromatic N) is 2. The highest BCUT2D eigenvalue weighted by Gasteiger charge is 2.30. The number of anilines is 1. The molecule has 0 saturated heterocycles. The van der Waals surface area contributed by atoms with Gasteiger partial charge in [-0.05, 0) is 24.3 Å². The van der Waals surface area contributed by atoms with E-state index in [9.17, 15) is 18.3 Å². The van der Waals surface area contributed by atoms with Gasteiger partial charge in [-0.3, -0.25) is 4.98 Å². The topological polar surface area (TPSA) is 67.3 Å². The standard InChI is InChI=1S/C14H13ClF3N3O2/c15-12-6-19-7-13(21-12)20-5-10(22)8-23-11-3-1-9(2-4-11)14(16,17)18/h1-4,6-7,10,22H,5,8H2,(H,20,21). The summed E-state index contributed by atoms with van der Waals surface area (Å²) >= 11 is 5.67. The number of nitrogens with one attached hydrogen (secondary N) is 1. The average Bonchev–Trinajstić information content (AvgIpc) is 2.50. The molecule has 0 aliphatic heterocycles. The first-order chi connectivity index (χ1) is 10.8. The Labute approximate surface area is 135 Å². The molecule has 2 aromatic rings. The molecule has 1 aromatic carbocycles. The Morgan fingerprint density at radius 2 is 1.91 bits per heavy atom. The van der Waals surface area contributed by atoms with Crippen LogP contribution in [-0.4, -0.2) is 34.3 Å². The van der Waals surface area contributed by atoms with Crippen LogP contribution in [0, 0.1) is 0 Å². The molecule has 124 valence electrons. The Kier molecular flexibility index (Phi) is 5.62. The van der Waals surface area contributed by atoms with Crippen molar-refractivity contribution >= 4 is 17.4 Å². The fraction of sp³-hybridized carbons (Fsp3) is 0.286. The lowest BCUT2D eigenvalue weighted by atomic mass is 10.2. The molecule has 5 nitrogen and oxygen atoms in total. The third-order valence-electron chi connectivity index (χ3n) is 2.75. The molecule has 1 aromatic heterocycles. The quantitative estimate of drug-likeness (QED) is 0.841. The van der Waals surface area contributed by atoms with Crippen LogP contribution in [0.5, 0.6) is 5.75 Å². The van der Waals surface area contributed by atoms with E-state index in [0.717, 1.165) is 12.1 Å². The Morgan fingerprint density at radius 1 is 1.22 bits per heavy atom. The number of aliphatic hydroxyl groups excluding tert-OH is 1. The molecule has 0 fully saturated rings. The van der Waals surface area contributed by atoms with Gasteiger partial charge in [0.25, 0.3) is 0 Å². The van der Waals surface area contributed by atoms with E-state index >= 15 is 0 Å². The zero-order chi connectivity index (χ0) is 16.9. The Hall–Kier alpha value is -2.06. The summed E-state index contributed by atoms with van der Waals surface area (Å²) in [6.45, 7) is 0.0298. The maximum absolute atomic E-state index is 12.4. The second-order valence-corrected chi connectivity index (χ2v) is 4.98. The van der Waals surface area contributed by atoms with E-state index in [1.165, 1.54) is 24.5 Å². The summed E-state index contributed by atoms with van der Waals surface area (Å²) in [6, 6.07) is 4.24. The molecule has 0 spiro atoms. The van der Waals surface area contributed by atoms with E-state index in [2.05, 4.69) is 15.3 Å². The third-order valence-corrected chi connectivity index (χ3v) is 2.93. The Balaban J connectivity index is 1.79. The van der Waals surface area contributed by atoms with Crippen molar-refractivity contribution in [2.45, 2.75) is 12.3 Å². The molecule has 1 unspecified atom stereocenters. The molecular formula is C14H13ClF3N3O2. The number of hydrogen-bond donors (Lipinski definition) is 2. The van der Waals surface area contributed by atoms with Crippen LogP contribution in [0.3, 0.4) is 0 Å². The molecule has 0 amide bonds. The molecule has 9 heteroatoms. The lowest BCUT2D eigenvalue weighted by molar-refractivity contribution is -0.137. The van der Waals surface area contributed by atoms with Gasteiger partial charge in [0.15, 0.2) is 0 Å². The van der Waals surface area contributed by atoms with Crippen LogP contribution in [0.4, 0.5) is 19.0 Å². The van der Waals surface area contributed by atoms with Gasteiger partial charge in [-0.25, -0.2) is 4.98 Å². The Morgan fingerprint density at radius 3 is 2.52 bits per heavy atom. The first kappa shape index (κ1) is 17.3. The van der Waals surface area contributed by atoms with Crippen molar-refractivity contribution in [2.24, 2.45) is 0 Å². The van der Waals surface area contributed by atoms with Crippen molar-refractivity contribution in [2.75, 3.05) is 18.5 Å². The van der Waals surface area contributed by atoms with Crippen LogP contribution in [0.15, 0.2) is 36.7 Å². The van der Waals surface area contributed by atoms with Crippen molar-refractivity contribution in [3.8, 4) is 5.75 Å². The van der Waals surface area contributed by atoms with Crippen LogP contribution in [0.25, 0.3) is 0 Å². The van der Waals surface area contributed by atoms with E-state index in [1.807, 2.05) is 0 Å². The maximum atomic E-state index is 12.4. The highest BCUT2D eigenvalue weighted by molar-refractivity contribution is 6.29. The van der Waals surface area contributed by atoms with Gasteiger partial charge in [0, 0.05) is 6.54 Å². The lowest BCUT2D eigenvalue weighted by Gasteiger charge is -2.14. The van der Waals surface area contributed by atoms with Crippen LogP contribution in [0.1, 0.15) is 5.56 Å². The molecule has 0 aliphatic carbocycles. The van der Waals surface area contributed by atoms with Gasteiger partial charge in [0.2, 0.25) is 0 Å². The van der Waals surface area contributed by atoms with Crippen LogP contribution >= 0.6 is 11.6 Å². The molecule has 0 bridgehead atoms. The van der Waals surface area contributed by atoms with E-state index in [0.29, 0.717) is 5.82 Å². The fourth-order valence-corrected chi connectivity index (χ4v) is 1.79. The summed E-state index contributed by atoms with van der Waals surface area (Å²) in [5.74, 6) is 0.630. The van der Waals surface area contributed by atoms with Crippen molar-refractivity contribution < 1.29 is 23.0 Å². The smallest absolute Gasteiger partial charge is 0.416 e. The summed E-state index contributed by atoms with van der Waals surface area (Å²) in [5, 5.41) is 12.8. The van der Waals surface area contributed by atoms with Gasteiger partial charge in [-0.15, -0.1) is 0 Å². The van der Waals surface area contributed by atoms with E-state index in [4.69, 9.17) is 16.3 Å². The number of aromatic nitrogens is 2. The number of rotatable bonds is 6. The second kappa shape index (κ2) is 7.47. The minimum atomic E-state index is -4.39. The normalized spacial score (nSPS) is 12.7. The van der Waals surface area contributed by atoms with Crippen LogP contribution in [0.2, 0.25) is 5.15 Å². The SMILES string of the molecule is OC(CNc1cncc(Cl)n1)COc1ccc(C(F)(F)F)cc1. The van der Waals surface area contributed by atoms with Crippen molar-refractivity contribution in [3.63, 3.8) is 0 Å². The number of alkyl halides is 3. The van der Waals surface area contributed by atoms with Gasteiger partial charge in [0.05, 0.1) is 18.0 Å². The zero-order valence-corrected chi connectivity index (χ0v) is 12.5. The van der Waals surface area contributed by atoms with Crippen LogP contribution < -0.4 is 10.1 Å². The minimum absolute atomic E-state index is 0.0909. The van der Waals surface area contributed by atoms with Gasteiger partial charge in [-0.2, -0.15) is 13.2 Å². The molecule has 2 rings (SSSR count). The highest BCUT2D eigenvalue weighted by atomic mass is 35.5. The van der Waals surface area contributed by atoms with E-state index in [-0.39, 0.29) is 24.1 Å². The van der Waals surface area contributed by atoms with Crippen molar-refractivity contribution in [3.05, 3.63) is 47.4 Å². The fourth-order valence-electron chi connectivity index (χ4n) is 1.64. The first-order valence-corrected chi connectivity index (χ1v) is 6.92. The predicted octanol–water partition coefficient (Wildman–Crippen LogP) is 3.00. The van der Waals surface area contributed by atoms with Crippen molar-refractivity contribution in [1.82, 2.24) is 9.97 Å². The summed E-state index contributed by atoms with van der Waals surface area (Å²) in [5.41, 5.74) is -0.758. The molecule has 1 atom stereocenters. The van der Waals surface area contributed by atoms with Crippen molar-refractivity contribution in [1.29, 1.82) is 0 Å². The number of ether oxygens (including phenoxy) is 1. The number of hydrogen-bond acceptors (Lipinski definition) is 5. The number of halogens is 4. The summed E-state index contributed by atoms with van der Waals surface area (Å²) < 4.78 is 42.5. The monoisotopic (exact) mass is 347 g/mol. The summed E-state index contributed by atoms with van der Waals surface area (Å²) in [4.78, 5) is 7.75. The lowest BCUT2D eigenvalue weighted by Crippen LogP contribution is -2.26. The maximum Gasteiger partial charge on any atom is 0.416 e. The largest absolute Gasteiger partial charge is 0.491 e. The second-order valence-electron chi connectivity index (χ2n) is 4.59. The zero-order valence-electron chi connectivity index (χ0n) is 11.7. The molecular weight excluding hydrogens is 335 g/mol. The van der Waals surface area contributed by atoms with Gasteiger partial charge in [0.1, 0.15) is 29.4 Å². The molecule has 0 radical (unpaired) electrons. The summed E-state index contributed by atoms with van der Waals surface area (Å²) in [6.07, 6.45) is -2.47. The average molecular weight is 348 g/mol. The minimum Gasteiger partial charge on any atom is -0.491 e. The van der Waals surface area contributed by atoms with Gasteiger partial charge < -0.3 is 15.2 Å². The van der Waals surface area contributed by atoms with Crippen LogP contribution in [-0.2, 0) is 6.18 Å². The third kappa shape index (κ3) is 5.57. The molecule has 0 saturated carbocycles. The molecule has 1 heterocycles. The highest BCUT2D eigenvalue weighted by Crippen LogP contribution is 2.30. The molecule has 2 N–H and O–H groups in total. The molecule has 0 aliphatic rings. The predicted molar refractivity (Wildman–Crippen MR) is 78.5 cm³/mol. The van der Waals surface area contributed by atoms with E-state index in [1.54, 1.807) is 0 Å². The van der Waals surface area contributed by atoms with E-state index < -0.39 is 17.8 Å². The van der Waals surface area contributed by atoms with Gasteiger partial charge >= 0.3 is 6.18 Å².